The van der Waals surface area contributed by atoms with Crippen LogP contribution in [-0.2, 0) is 0 Å². The number of rotatable bonds is 4. The Balaban J connectivity index is 1.19. The molecule has 5 aromatic carbocycles. The average Bonchev–Trinajstić information content (AvgIpc) is 3.32. The van der Waals surface area contributed by atoms with Crippen LogP contribution in [0.25, 0.3) is 45.1 Å². The van der Waals surface area contributed by atoms with Gasteiger partial charge in [0.05, 0.1) is 16.9 Å². The normalized spacial score (nSPS) is 12.2. The Morgan fingerprint density at radius 1 is 0.585 bits per heavy atom. The van der Waals surface area contributed by atoms with Gasteiger partial charge in [-0.15, -0.1) is 0 Å². The molecule has 0 unspecified atom stereocenters. The molecule has 2 aromatic heterocycles. The Morgan fingerprint density at radius 3 is 2.29 bits per heavy atom. The number of H-pyrrole nitrogens is 1. The van der Waals surface area contributed by atoms with Gasteiger partial charge in [-0.2, -0.15) is 0 Å². The van der Waals surface area contributed by atoms with Gasteiger partial charge in [0.25, 0.3) is 0 Å². The fourth-order valence-electron chi connectivity index (χ4n) is 5.77. The summed E-state index contributed by atoms with van der Waals surface area (Å²) in [6.45, 7) is 0. The van der Waals surface area contributed by atoms with Gasteiger partial charge in [0.2, 0.25) is 0 Å². The van der Waals surface area contributed by atoms with Crippen molar-refractivity contribution in [3.05, 3.63) is 145 Å². The largest absolute Gasteiger partial charge is 0.457 e. The predicted molar refractivity (Wildman–Crippen MR) is 169 cm³/mol. The Bertz CT molecular complexity index is 2090. The van der Waals surface area contributed by atoms with Crippen LogP contribution in [0.15, 0.2) is 134 Å². The smallest absolute Gasteiger partial charge is 0.137 e. The summed E-state index contributed by atoms with van der Waals surface area (Å²) in [6, 6.07) is 43.8. The molecular formula is C37H25N3O. The lowest BCUT2D eigenvalue weighted by molar-refractivity contribution is 0.483. The number of para-hydroxylation sites is 3. The molecule has 0 amide bonds. The molecule has 0 saturated carbocycles. The SMILES string of the molecule is C1=Cc2ccc(Oc3cccc(-c4cccc5c4[nH]c4ccccc45)c3)cc2N(c2ccccn2)c2ccccc21. The van der Waals surface area contributed by atoms with E-state index < -0.39 is 0 Å². The monoisotopic (exact) mass is 527 g/mol. The number of hydrogen-bond donors (Lipinski definition) is 1. The number of nitrogens with zero attached hydrogens (tertiary/aromatic N) is 2. The molecular weight excluding hydrogens is 502 g/mol. The molecule has 8 rings (SSSR count). The molecule has 4 nitrogen and oxygen atoms in total. The molecule has 41 heavy (non-hydrogen) atoms. The summed E-state index contributed by atoms with van der Waals surface area (Å²) in [7, 11) is 0. The van der Waals surface area contributed by atoms with E-state index in [1.165, 1.54) is 10.8 Å². The van der Waals surface area contributed by atoms with Crippen molar-refractivity contribution in [2.45, 2.75) is 0 Å². The van der Waals surface area contributed by atoms with Crippen molar-refractivity contribution < 1.29 is 4.74 Å². The first-order valence-electron chi connectivity index (χ1n) is 13.7. The molecule has 3 heterocycles. The first-order valence-corrected chi connectivity index (χ1v) is 13.7. The lowest BCUT2D eigenvalue weighted by atomic mass is 10.0. The molecule has 0 fully saturated rings. The minimum atomic E-state index is 0.762. The molecule has 0 radical (unpaired) electrons. The van der Waals surface area contributed by atoms with Gasteiger partial charge in [0.15, 0.2) is 0 Å². The number of hydrogen-bond acceptors (Lipinski definition) is 3. The van der Waals surface area contributed by atoms with E-state index in [1.54, 1.807) is 0 Å². The van der Waals surface area contributed by atoms with E-state index in [-0.39, 0.29) is 0 Å². The van der Waals surface area contributed by atoms with Gasteiger partial charge in [-0.1, -0.05) is 84.9 Å². The van der Waals surface area contributed by atoms with Crippen molar-refractivity contribution in [3.8, 4) is 22.6 Å². The van der Waals surface area contributed by atoms with E-state index in [0.29, 0.717) is 0 Å². The molecule has 4 heteroatoms. The summed E-state index contributed by atoms with van der Waals surface area (Å²) in [4.78, 5) is 10.5. The van der Waals surface area contributed by atoms with Crippen LogP contribution in [0.3, 0.4) is 0 Å². The number of benzene rings is 5. The summed E-state index contributed by atoms with van der Waals surface area (Å²) >= 11 is 0. The Kier molecular flexibility index (Phi) is 5.42. The van der Waals surface area contributed by atoms with Gasteiger partial charge in [-0.3, -0.25) is 4.90 Å². The van der Waals surface area contributed by atoms with E-state index in [2.05, 4.69) is 119 Å². The van der Waals surface area contributed by atoms with Crippen molar-refractivity contribution in [1.29, 1.82) is 0 Å². The minimum Gasteiger partial charge on any atom is -0.457 e. The van der Waals surface area contributed by atoms with Crippen molar-refractivity contribution in [2.24, 2.45) is 0 Å². The van der Waals surface area contributed by atoms with Crippen LogP contribution in [0.1, 0.15) is 11.1 Å². The number of aromatic nitrogens is 2. The van der Waals surface area contributed by atoms with Gasteiger partial charge >= 0.3 is 0 Å². The Labute approximate surface area is 237 Å². The van der Waals surface area contributed by atoms with E-state index in [0.717, 1.165) is 62.0 Å². The van der Waals surface area contributed by atoms with Gasteiger partial charge in [-0.05, 0) is 65.2 Å². The molecule has 1 aliphatic heterocycles. The van der Waals surface area contributed by atoms with Crippen molar-refractivity contribution in [1.82, 2.24) is 9.97 Å². The average molecular weight is 528 g/mol. The second-order valence-corrected chi connectivity index (χ2v) is 10.2. The van der Waals surface area contributed by atoms with Crippen molar-refractivity contribution in [2.75, 3.05) is 4.90 Å². The predicted octanol–water partition coefficient (Wildman–Crippen LogP) is 10.1. The van der Waals surface area contributed by atoms with E-state index in [9.17, 15) is 0 Å². The summed E-state index contributed by atoms with van der Waals surface area (Å²) in [5.74, 6) is 2.40. The minimum absolute atomic E-state index is 0.762. The molecule has 0 spiro atoms. The van der Waals surface area contributed by atoms with Crippen LogP contribution in [0, 0.1) is 0 Å². The van der Waals surface area contributed by atoms with Crippen molar-refractivity contribution in [3.63, 3.8) is 0 Å². The molecule has 0 saturated heterocycles. The van der Waals surface area contributed by atoms with Gasteiger partial charge in [-0.25, -0.2) is 4.98 Å². The summed E-state index contributed by atoms with van der Waals surface area (Å²) < 4.78 is 6.51. The third kappa shape index (κ3) is 4.05. The molecule has 7 aromatic rings. The number of anilines is 3. The molecule has 0 bridgehead atoms. The van der Waals surface area contributed by atoms with Crippen LogP contribution in [-0.4, -0.2) is 9.97 Å². The standard InChI is InChI=1S/C37H25N3O/c1-4-16-34-25(9-1)18-19-26-20-21-29(24-35(26)40(34)36-17-5-6-22-38-36)41-28-11-7-10-27(23-28)30-13-8-14-32-31-12-2-3-15-33(31)39-37(30)32/h1-24,39H. The van der Waals surface area contributed by atoms with Crippen molar-refractivity contribution >= 4 is 51.2 Å². The highest BCUT2D eigenvalue weighted by molar-refractivity contribution is 6.11. The zero-order valence-corrected chi connectivity index (χ0v) is 22.2. The maximum absolute atomic E-state index is 6.51. The van der Waals surface area contributed by atoms with E-state index >= 15 is 0 Å². The fourth-order valence-corrected chi connectivity index (χ4v) is 5.77. The third-order valence-electron chi connectivity index (χ3n) is 7.66. The Morgan fingerprint density at radius 2 is 1.37 bits per heavy atom. The summed E-state index contributed by atoms with van der Waals surface area (Å²) in [5.41, 5.74) is 8.84. The number of pyridine rings is 1. The highest BCUT2D eigenvalue weighted by Crippen LogP contribution is 2.43. The van der Waals surface area contributed by atoms with E-state index in [4.69, 9.17) is 9.72 Å². The molecule has 0 atom stereocenters. The molecule has 1 N–H and O–H groups in total. The summed E-state index contributed by atoms with van der Waals surface area (Å²) in [6.07, 6.45) is 6.14. The van der Waals surface area contributed by atoms with Crippen LogP contribution in [0.5, 0.6) is 11.5 Å². The number of ether oxygens (including phenoxy) is 1. The third-order valence-corrected chi connectivity index (χ3v) is 7.66. The van der Waals surface area contributed by atoms with E-state index in [1.807, 2.05) is 36.5 Å². The van der Waals surface area contributed by atoms with Gasteiger partial charge in [0, 0.05) is 34.1 Å². The molecule has 1 aliphatic rings. The lowest BCUT2D eigenvalue weighted by Crippen LogP contribution is -2.13. The zero-order valence-electron chi connectivity index (χ0n) is 22.2. The Hall–Kier alpha value is -5.61. The maximum Gasteiger partial charge on any atom is 0.137 e. The second kappa shape index (κ2) is 9.54. The van der Waals surface area contributed by atoms with Crippen LogP contribution in [0.2, 0.25) is 0 Å². The zero-order chi connectivity index (χ0) is 27.2. The van der Waals surface area contributed by atoms with Gasteiger partial charge in [0.1, 0.15) is 17.3 Å². The number of nitrogens with one attached hydrogen (secondary N) is 1. The topological polar surface area (TPSA) is 41.1 Å². The second-order valence-electron chi connectivity index (χ2n) is 10.2. The molecule has 194 valence electrons. The number of fused-ring (bicyclic) bond motifs is 5. The quantitative estimate of drug-likeness (QED) is 0.248. The highest BCUT2D eigenvalue weighted by atomic mass is 16.5. The first-order chi connectivity index (χ1) is 20.3. The fraction of sp³-hybridized carbons (Fsp3) is 0. The number of aromatic amines is 1. The van der Waals surface area contributed by atoms with Gasteiger partial charge < -0.3 is 9.72 Å². The lowest BCUT2D eigenvalue weighted by Gasteiger charge is -2.26. The van der Waals surface area contributed by atoms with Crippen LogP contribution < -0.4 is 9.64 Å². The van der Waals surface area contributed by atoms with Crippen LogP contribution in [0.4, 0.5) is 17.2 Å². The van der Waals surface area contributed by atoms with Crippen LogP contribution >= 0.6 is 0 Å². The highest BCUT2D eigenvalue weighted by Gasteiger charge is 2.21. The summed E-state index contributed by atoms with van der Waals surface area (Å²) in [5, 5.41) is 2.45. The molecule has 0 aliphatic carbocycles. The maximum atomic E-state index is 6.51. The first kappa shape index (κ1) is 23.3.